The molecule has 0 saturated heterocycles. The summed E-state index contributed by atoms with van der Waals surface area (Å²) in [6.07, 6.45) is 0. The van der Waals surface area contributed by atoms with Crippen LogP contribution in [0.2, 0.25) is 0 Å². The first-order valence-electron chi connectivity index (χ1n) is 9.28. The van der Waals surface area contributed by atoms with E-state index in [9.17, 15) is 13.2 Å². The second-order valence-corrected chi connectivity index (χ2v) is 9.01. The van der Waals surface area contributed by atoms with Gasteiger partial charge in [0.15, 0.2) is 0 Å². The molecule has 3 rings (SSSR count). The van der Waals surface area contributed by atoms with E-state index < -0.39 is 9.84 Å². The highest BCUT2D eigenvalue weighted by Gasteiger charge is 2.21. The van der Waals surface area contributed by atoms with E-state index in [1.54, 1.807) is 42.5 Å². The zero-order valence-corrected chi connectivity index (χ0v) is 17.5. The summed E-state index contributed by atoms with van der Waals surface area (Å²) in [5.74, 6) is -0.251. The molecule has 3 aromatic carbocycles. The summed E-state index contributed by atoms with van der Waals surface area (Å²) in [7, 11) is -3.70. The van der Waals surface area contributed by atoms with Crippen molar-refractivity contribution in [2.45, 2.75) is 30.6 Å². The maximum Gasteiger partial charge on any atom is 0.243 e. The lowest BCUT2D eigenvalue weighted by atomic mass is 10.1. The summed E-state index contributed by atoms with van der Waals surface area (Å²) in [5, 5.41) is 5.82. The van der Waals surface area contributed by atoms with Gasteiger partial charge >= 0.3 is 0 Å². The van der Waals surface area contributed by atoms with Gasteiger partial charge < -0.3 is 10.6 Å². The minimum atomic E-state index is -3.70. The van der Waals surface area contributed by atoms with Crippen molar-refractivity contribution in [2.24, 2.45) is 0 Å². The quantitative estimate of drug-likeness (QED) is 0.630. The highest BCUT2D eigenvalue weighted by molar-refractivity contribution is 7.91. The molecule has 6 heteroatoms. The summed E-state index contributed by atoms with van der Waals surface area (Å²) >= 11 is 0. The molecule has 2 N–H and O–H groups in total. The van der Waals surface area contributed by atoms with Crippen LogP contribution in [0.25, 0.3) is 0 Å². The van der Waals surface area contributed by atoms with Crippen molar-refractivity contribution >= 4 is 27.1 Å². The van der Waals surface area contributed by atoms with Crippen LogP contribution in [0.15, 0.2) is 76.5 Å². The van der Waals surface area contributed by atoms with Gasteiger partial charge in [0.25, 0.3) is 0 Å². The SMILES string of the molecule is Cc1cc(C)cc(NC(=O)CNc2ccc(C)cc2S(=O)(=O)c2ccccc2)c1. The third kappa shape index (κ3) is 5.03. The van der Waals surface area contributed by atoms with Gasteiger partial charge in [-0.1, -0.05) is 30.3 Å². The molecule has 3 aromatic rings. The van der Waals surface area contributed by atoms with Gasteiger partial charge in [0, 0.05) is 5.69 Å². The fraction of sp³-hybridized carbons (Fsp3) is 0.174. The van der Waals surface area contributed by atoms with E-state index in [0.717, 1.165) is 22.4 Å². The van der Waals surface area contributed by atoms with Gasteiger partial charge in [-0.05, 0) is 73.9 Å². The Labute approximate surface area is 171 Å². The Morgan fingerprint density at radius 3 is 2.14 bits per heavy atom. The third-order valence-electron chi connectivity index (χ3n) is 4.42. The fourth-order valence-electron chi connectivity index (χ4n) is 3.15. The molecule has 5 nitrogen and oxygen atoms in total. The predicted molar refractivity (Wildman–Crippen MR) is 116 cm³/mol. The molecule has 150 valence electrons. The molecule has 0 unspecified atom stereocenters. The molecule has 0 aliphatic heterocycles. The molecule has 0 heterocycles. The highest BCUT2D eigenvalue weighted by Crippen LogP contribution is 2.28. The summed E-state index contributed by atoms with van der Waals surface area (Å²) in [6, 6.07) is 19.2. The van der Waals surface area contributed by atoms with Gasteiger partial charge in [-0.25, -0.2) is 8.42 Å². The number of rotatable bonds is 6. The smallest absolute Gasteiger partial charge is 0.243 e. The Bertz CT molecular complexity index is 1120. The fourth-order valence-corrected chi connectivity index (χ4v) is 4.69. The molecule has 0 spiro atoms. The van der Waals surface area contributed by atoms with E-state index in [1.165, 1.54) is 0 Å². The van der Waals surface area contributed by atoms with Gasteiger partial charge in [-0.2, -0.15) is 0 Å². The number of anilines is 2. The van der Waals surface area contributed by atoms with Crippen molar-refractivity contribution in [3.8, 4) is 0 Å². The highest BCUT2D eigenvalue weighted by atomic mass is 32.2. The number of nitrogens with one attached hydrogen (secondary N) is 2. The number of sulfone groups is 1. The van der Waals surface area contributed by atoms with Crippen LogP contribution in [0.3, 0.4) is 0 Å². The number of hydrogen-bond acceptors (Lipinski definition) is 4. The number of amides is 1. The molecule has 0 atom stereocenters. The molecular weight excluding hydrogens is 384 g/mol. The van der Waals surface area contributed by atoms with E-state index in [2.05, 4.69) is 10.6 Å². The maximum atomic E-state index is 13.1. The van der Waals surface area contributed by atoms with Crippen molar-refractivity contribution in [3.05, 3.63) is 83.4 Å². The van der Waals surface area contributed by atoms with Crippen molar-refractivity contribution in [1.82, 2.24) is 0 Å². The van der Waals surface area contributed by atoms with Gasteiger partial charge in [-0.3, -0.25) is 4.79 Å². The molecule has 0 aromatic heterocycles. The maximum absolute atomic E-state index is 13.1. The number of carbonyl (C=O) groups is 1. The van der Waals surface area contributed by atoms with E-state index in [4.69, 9.17) is 0 Å². The Balaban J connectivity index is 1.80. The number of carbonyl (C=O) groups excluding carboxylic acids is 1. The lowest BCUT2D eigenvalue weighted by Crippen LogP contribution is -2.22. The lowest BCUT2D eigenvalue weighted by Gasteiger charge is -2.14. The van der Waals surface area contributed by atoms with Crippen LogP contribution in [0.5, 0.6) is 0 Å². The van der Waals surface area contributed by atoms with Crippen molar-refractivity contribution < 1.29 is 13.2 Å². The van der Waals surface area contributed by atoms with E-state index in [0.29, 0.717) is 5.69 Å². The summed E-state index contributed by atoms with van der Waals surface area (Å²) in [5.41, 5.74) is 4.06. The number of hydrogen-bond donors (Lipinski definition) is 2. The van der Waals surface area contributed by atoms with Crippen LogP contribution < -0.4 is 10.6 Å². The topological polar surface area (TPSA) is 75.3 Å². The summed E-state index contributed by atoms with van der Waals surface area (Å²) in [4.78, 5) is 12.8. The Hall–Kier alpha value is -3.12. The average molecular weight is 409 g/mol. The van der Waals surface area contributed by atoms with E-state index in [1.807, 2.05) is 45.0 Å². The minimum Gasteiger partial charge on any atom is -0.375 e. The van der Waals surface area contributed by atoms with Gasteiger partial charge in [-0.15, -0.1) is 0 Å². The molecule has 0 bridgehead atoms. The van der Waals surface area contributed by atoms with E-state index in [-0.39, 0.29) is 22.2 Å². The molecule has 0 fully saturated rings. The van der Waals surface area contributed by atoms with Gasteiger partial charge in [0.05, 0.1) is 22.0 Å². The summed E-state index contributed by atoms with van der Waals surface area (Å²) in [6.45, 7) is 5.72. The third-order valence-corrected chi connectivity index (χ3v) is 6.23. The standard InChI is InChI=1S/C23H24N2O3S/c1-16-9-10-21(22(14-16)29(27,28)20-7-5-4-6-8-20)24-15-23(26)25-19-12-17(2)11-18(3)13-19/h4-14,24H,15H2,1-3H3,(H,25,26). The number of benzene rings is 3. The Kier molecular flexibility index (Phi) is 6.03. The largest absolute Gasteiger partial charge is 0.375 e. The minimum absolute atomic E-state index is 0.0483. The van der Waals surface area contributed by atoms with Crippen molar-refractivity contribution in [2.75, 3.05) is 17.2 Å². The van der Waals surface area contributed by atoms with Crippen LogP contribution in [-0.2, 0) is 14.6 Å². The van der Waals surface area contributed by atoms with Gasteiger partial charge in [0.1, 0.15) is 0 Å². The normalized spacial score (nSPS) is 11.1. The molecule has 1 amide bonds. The lowest BCUT2D eigenvalue weighted by molar-refractivity contribution is -0.114. The number of aryl methyl sites for hydroxylation is 3. The monoisotopic (exact) mass is 408 g/mol. The van der Waals surface area contributed by atoms with Crippen molar-refractivity contribution in [3.63, 3.8) is 0 Å². The van der Waals surface area contributed by atoms with Crippen LogP contribution in [0.4, 0.5) is 11.4 Å². The van der Waals surface area contributed by atoms with Crippen molar-refractivity contribution in [1.29, 1.82) is 0 Å². The molecule has 0 saturated carbocycles. The van der Waals surface area contributed by atoms with Crippen LogP contribution in [0, 0.1) is 20.8 Å². The van der Waals surface area contributed by atoms with Gasteiger partial charge in [0.2, 0.25) is 15.7 Å². The van der Waals surface area contributed by atoms with Crippen LogP contribution >= 0.6 is 0 Å². The summed E-state index contributed by atoms with van der Waals surface area (Å²) < 4.78 is 26.2. The molecule has 0 aliphatic rings. The average Bonchev–Trinajstić information content (AvgIpc) is 2.67. The first-order chi connectivity index (χ1) is 13.8. The Morgan fingerprint density at radius 2 is 1.48 bits per heavy atom. The van der Waals surface area contributed by atoms with Crippen LogP contribution in [0.1, 0.15) is 16.7 Å². The second-order valence-electron chi connectivity index (χ2n) is 7.09. The first kappa shape index (κ1) is 20.6. The second kappa shape index (κ2) is 8.49. The zero-order valence-electron chi connectivity index (χ0n) is 16.7. The Morgan fingerprint density at radius 1 is 0.828 bits per heavy atom. The molecule has 0 aliphatic carbocycles. The molecular formula is C23H24N2O3S. The molecule has 0 radical (unpaired) electrons. The molecule has 29 heavy (non-hydrogen) atoms. The first-order valence-corrected chi connectivity index (χ1v) is 10.8. The predicted octanol–water partition coefficient (Wildman–Crippen LogP) is 4.50. The van der Waals surface area contributed by atoms with Crippen LogP contribution in [-0.4, -0.2) is 20.9 Å². The van der Waals surface area contributed by atoms with E-state index >= 15 is 0 Å². The zero-order chi connectivity index (χ0) is 21.0.